The average molecular weight is 292 g/mol. The highest BCUT2D eigenvalue weighted by molar-refractivity contribution is 5.87. The van der Waals surface area contributed by atoms with E-state index in [4.69, 9.17) is 4.42 Å². The number of likely N-dealkylation sites (tertiary alicyclic amines) is 1. The van der Waals surface area contributed by atoms with Gasteiger partial charge in [0.05, 0.1) is 12.8 Å². The van der Waals surface area contributed by atoms with Gasteiger partial charge in [0.25, 0.3) is 0 Å². The van der Waals surface area contributed by atoms with Crippen molar-refractivity contribution in [2.45, 2.75) is 46.2 Å². The lowest BCUT2D eigenvalue weighted by molar-refractivity contribution is -0.143. The van der Waals surface area contributed by atoms with Crippen molar-refractivity contribution < 1.29 is 14.0 Å². The van der Waals surface area contributed by atoms with E-state index in [1.165, 1.54) is 6.92 Å². The van der Waals surface area contributed by atoms with Crippen molar-refractivity contribution in [1.29, 1.82) is 0 Å². The summed E-state index contributed by atoms with van der Waals surface area (Å²) in [6.45, 7) is 7.51. The summed E-state index contributed by atoms with van der Waals surface area (Å²) in [7, 11) is 0. The Kier molecular flexibility index (Phi) is 5.04. The summed E-state index contributed by atoms with van der Waals surface area (Å²) in [6, 6.07) is 3.39. The molecule has 1 fully saturated rings. The minimum Gasteiger partial charge on any atom is -0.467 e. The summed E-state index contributed by atoms with van der Waals surface area (Å²) in [5.41, 5.74) is 0. The van der Waals surface area contributed by atoms with Crippen molar-refractivity contribution >= 4 is 11.8 Å². The molecule has 5 nitrogen and oxygen atoms in total. The Morgan fingerprint density at radius 2 is 2.24 bits per heavy atom. The van der Waals surface area contributed by atoms with Crippen LogP contribution >= 0.6 is 0 Å². The molecule has 1 aliphatic rings. The van der Waals surface area contributed by atoms with Gasteiger partial charge in [-0.15, -0.1) is 0 Å². The largest absolute Gasteiger partial charge is 0.467 e. The molecular weight excluding hydrogens is 268 g/mol. The number of hydrogen-bond acceptors (Lipinski definition) is 3. The van der Waals surface area contributed by atoms with Crippen molar-refractivity contribution in [2.24, 2.45) is 5.92 Å². The summed E-state index contributed by atoms with van der Waals surface area (Å²) in [5, 5.41) is 0. The van der Waals surface area contributed by atoms with Crippen LogP contribution in [0.3, 0.4) is 0 Å². The van der Waals surface area contributed by atoms with Gasteiger partial charge >= 0.3 is 0 Å². The Morgan fingerprint density at radius 3 is 2.81 bits per heavy atom. The van der Waals surface area contributed by atoms with Gasteiger partial charge in [0.1, 0.15) is 11.8 Å². The van der Waals surface area contributed by atoms with Gasteiger partial charge in [-0.1, -0.05) is 13.8 Å². The molecule has 0 aliphatic carbocycles. The SMILES string of the molecule is CC(=O)N1CCC[C@@H]1C(=O)N(Cc1ccco1)CC(C)C. The van der Waals surface area contributed by atoms with Crippen LogP contribution in [-0.2, 0) is 16.1 Å². The predicted molar refractivity (Wildman–Crippen MR) is 79.4 cm³/mol. The number of carbonyl (C=O) groups excluding carboxylic acids is 2. The van der Waals surface area contributed by atoms with E-state index in [9.17, 15) is 9.59 Å². The second kappa shape index (κ2) is 6.78. The van der Waals surface area contributed by atoms with E-state index in [0.29, 0.717) is 25.6 Å². The topological polar surface area (TPSA) is 53.8 Å². The lowest BCUT2D eigenvalue weighted by Crippen LogP contribution is -2.47. The van der Waals surface area contributed by atoms with Crippen molar-refractivity contribution in [3.05, 3.63) is 24.2 Å². The van der Waals surface area contributed by atoms with Gasteiger partial charge in [0, 0.05) is 20.0 Å². The minimum absolute atomic E-state index is 0.0201. The number of rotatable bonds is 5. The summed E-state index contributed by atoms with van der Waals surface area (Å²) < 4.78 is 5.36. The molecule has 2 heterocycles. The van der Waals surface area contributed by atoms with Crippen molar-refractivity contribution in [3.8, 4) is 0 Å². The van der Waals surface area contributed by atoms with E-state index >= 15 is 0 Å². The first-order valence-electron chi connectivity index (χ1n) is 7.57. The first-order valence-corrected chi connectivity index (χ1v) is 7.57. The fourth-order valence-corrected chi connectivity index (χ4v) is 2.87. The van der Waals surface area contributed by atoms with Crippen molar-refractivity contribution in [3.63, 3.8) is 0 Å². The van der Waals surface area contributed by atoms with Crippen LogP contribution in [0.1, 0.15) is 39.4 Å². The molecule has 1 aromatic heterocycles. The fraction of sp³-hybridized carbons (Fsp3) is 0.625. The lowest BCUT2D eigenvalue weighted by Gasteiger charge is -2.30. The number of carbonyl (C=O) groups is 2. The molecule has 1 saturated heterocycles. The maximum Gasteiger partial charge on any atom is 0.245 e. The lowest BCUT2D eigenvalue weighted by atomic mass is 10.1. The highest BCUT2D eigenvalue weighted by atomic mass is 16.3. The standard InChI is InChI=1S/C16H24N2O3/c1-12(2)10-17(11-14-6-5-9-21-14)16(20)15-7-4-8-18(15)13(3)19/h5-6,9,12,15H,4,7-8,10-11H2,1-3H3/t15-/m1/s1. The normalized spacial score (nSPS) is 18.3. The average Bonchev–Trinajstić information content (AvgIpc) is 3.07. The van der Waals surface area contributed by atoms with Gasteiger partial charge in [-0.25, -0.2) is 0 Å². The molecule has 0 aromatic carbocycles. The molecule has 2 rings (SSSR count). The predicted octanol–water partition coefficient (Wildman–Crippen LogP) is 2.28. The molecule has 0 radical (unpaired) electrons. The van der Waals surface area contributed by atoms with E-state index in [0.717, 1.165) is 18.6 Å². The molecule has 116 valence electrons. The maximum absolute atomic E-state index is 12.8. The van der Waals surface area contributed by atoms with Crippen LogP contribution in [0.4, 0.5) is 0 Å². The number of nitrogens with zero attached hydrogens (tertiary/aromatic N) is 2. The van der Waals surface area contributed by atoms with Gasteiger partial charge < -0.3 is 14.2 Å². The van der Waals surface area contributed by atoms with Gasteiger partial charge in [0.15, 0.2) is 0 Å². The Labute approximate surface area is 125 Å². The molecule has 0 N–H and O–H groups in total. The highest BCUT2D eigenvalue weighted by Crippen LogP contribution is 2.21. The Balaban J connectivity index is 2.11. The number of hydrogen-bond donors (Lipinski definition) is 0. The van der Waals surface area contributed by atoms with E-state index in [2.05, 4.69) is 13.8 Å². The van der Waals surface area contributed by atoms with Gasteiger partial charge in [0.2, 0.25) is 11.8 Å². The third kappa shape index (κ3) is 3.86. The van der Waals surface area contributed by atoms with Crippen LogP contribution in [0.2, 0.25) is 0 Å². The smallest absolute Gasteiger partial charge is 0.245 e. The van der Waals surface area contributed by atoms with E-state index in [1.807, 2.05) is 17.0 Å². The highest BCUT2D eigenvalue weighted by Gasteiger charge is 2.35. The first-order chi connectivity index (χ1) is 9.99. The zero-order chi connectivity index (χ0) is 15.4. The zero-order valence-electron chi connectivity index (χ0n) is 13.0. The minimum atomic E-state index is -0.309. The Hall–Kier alpha value is -1.78. The second-order valence-corrected chi connectivity index (χ2v) is 6.06. The number of furan rings is 1. The third-order valence-corrected chi connectivity index (χ3v) is 3.77. The van der Waals surface area contributed by atoms with Crippen LogP contribution in [0, 0.1) is 5.92 Å². The molecule has 0 unspecified atom stereocenters. The molecule has 1 aliphatic heterocycles. The van der Waals surface area contributed by atoms with Crippen LogP contribution in [0.15, 0.2) is 22.8 Å². The molecule has 1 atom stereocenters. The maximum atomic E-state index is 12.8. The number of amides is 2. The Morgan fingerprint density at radius 1 is 1.48 bits per heavy atom. The zero-order valence-corrected chi connectivity index (χ0v) is 13.0. The van der Waals surface area contributed by atoms with Gasteiger partial charge in [-0.3, -0.25) is 9.59 Å². The summed E-state index contributed by atoms with van der Waals surface area (Å²) in [6.07, 6.45) is 3.27. The molecule has 0 saturated carbocycles. The molecular formula is C16H24N2O3. The summed E-state index contributed by atoms with van der Waals surface area (Å²) >= 11 is 0. The van der Waals surface area contributed by atoms with E-state index in [-0.39, 0.29) is 17.9 Å². The van der Waals surface area contributed by atoms with E-state index in [1.54, 1.807) is 11.2 Å². The monoisotopic (exact) mass is 292 g/mol. The van der Waals surface area contributed by atoms with Crippen LogP contribution in [0.25, 0.3) is 0 Å². The first kappa shape index (κ1) is 15.6. The molecule has 2 amide bonds. The molecule has 5 heteroatoms. The fourth-order valence-electron chi connectivity index (χ4n) is 2.87. The quantitative estimate of drug-likeness (QED) is 0.836. The van der Waals surface area contributed by atoms with E-state index < -0.39 is 0 Å². The molecule has 21 heavy (non-hydrogen) atoms. The molecule has 1 aromatic rings. The van der Waals surface area contributed by atoms with Crippen LogP contribution in [-0.4, -0.2) is 40.7 Å². The third-order valence-electron chi connectivity index (χ3n) is 3.77. The second-order valence-electron chi connectivity index (χ2n) is 6.06. The molecule has 0 spiro atoms. The van der Waals surface area contributed by atoms with Crippen LogP contribution < -0.4 is 0 Å². The van der Waals surface area contributed by atoms with Crippen molar-refractivity contribution in [2.75, 3.05) is 13.1 Å². The van der Waals surface area contributed by atoms with Gasteiger partial charge in [-0.05, 0) is 30.9 Å². The molecule has 0 bridgehead atoms. The summed E-state index contributed by atoms with van der Waals surface area (Å²) in [5.74, 6) is 1.16. The summed E-state index contributed by atoms with van der Waals surface area (Å²) in [4.78, 5) is 28.0. The van der Waals surface area contributed by atoms with Crippen LogP contribution in [0.5, 0.6) is 0 Å². The van der Waals surface area contributed by atoms with Gasteiger partial charge in [-0.2, -0.15) is 0 Å². The Bertz CT molecular complexity index is 482. The van der Waals surface area contributed by atoms with Crippen molar-refractivity contribution in [1.82, 2.24) is 9.80 Å².